The molecule has 6 nitrogen and oxygen atoms in total. The summed E-state index contributed by atoms with van der Waals surface area (Å²) in [6.07, 6.45) is 0. The van der Waals surface area contributed by atoms with Gasteiger partial charge in [-0.25, -0.2) is 4.98 Å². The number of carbonyl (C=O) groups excluding carboxylic acids is 1. The Balaban J connectivity index is 1.65. The predicted octanol–water partition coefficient (Wildman–Crippen LogP) is 3.62. The highest BCUT2D eigenvalue weighted by Gasteiger charge is 2.17. The minimum atomic E-state index is -0.107. The number of aryl methyl sites for hydroxylation is 1. The number of benzene rings is 1. The molecule has 1 amide bonds. The largest absolute Gasteiger partial charge is 0.384 e. The van der Waals surface area contributed by atoms with Crippen molar-refractivity contribution in [2.24, 2.45) is 0 Å². The number of carbonyl (C=O) groups is 1. The molecule has 0 atom stereocenters. The molecule has 0 unspecified atom stereocenters. The summed E-state index contributed by atoms with van der Waals surface area (Å²) in [6, 6.07) is 17.3. The van der Waals surface area contributed by atoms with Gasteiger partial charge >= 0.3 is 0 Å². The van der Waals surface area contributed by atoms with Crippen molar-refractivity contribution in [2.45, 2.75) is 13.5 Å². The lowest BCUT2D eigenvalue weighted by Crippen LogP contribution is -2.26. The standard InChI is InChI=1S/C20H19N5OS/c1-13-8-9-16(27-13)19-22-18-11-15(10-17(21)25(18)23-19)20(26)24(2)12-14-6-4-3-5-7-14/h3-11H,12,21H2,1-2H3. The van der Waals surface area contributed by atoms with Crippen molar-refractivity contribution in [3.63, 3.8) is 0 Å². The minimum Gasteiger partial charge on any atom is -0.384 e. The van der Waals surface area contributed by atoms with Crippen LogP contribution in [-0.4, -0.2) is 32.5 Å². The third kappa shape index (κ3) is 3.41. The molecular formula is C20H19N5OS. The van der Waals surface area contributed by atoms with Crippen molar-refractivity contribution in [1.29, 1.82) is 0 Å². The van der Waals surface area contributed by atoms with Crippen LogP contribution in [0.25, 0.3) is 16.3 Å². The monoisotopic (exact) mass is 377 g/mol. The first-order chi connectivity index (χ1) is 13.0. The molecule has 0 aliphatic heterocycles. The zero-order valence-electron chi connectivity index (χ0n) is 15.1. The maximum Gasteiger partial charge on any atom is 0.254 e. The SMILES string of the molecule is Cc1ccc(-c2nc3cc(C(=O)N(C)Cc4ccccc4)cc(N)n3n2)s1. The Kier molecular flexibility index (Phi) is 4.37. The molecule has 0 radical (unpaired) electrons. The van der Waals surface area contributed by atoms with E-state index in [0.29, 0.717) is 29.4 Å². The molecule has 7 heteroatoms. The molecule has 0 fully saturated rings. The molecular weight excluding hydrogens is 358 g/mol. The summed E-state index contributed by atoms with van der Waals surface area (Å²) in [4.78, 5) is 21.2. The second kappa shape index (κ2) is 6.85. The molecule has 3 aromatic heterocycles. The number of fused-ring (bicyclic) bond motifs is 1. The average Bonchev–Trinajstić information content (AvgIpc) is 3.28. The molecule has 27 heavy (non-hydrogen) atoms. The van der Waals surface area contributed by atoms with Gasteiger partial charge in [-0.15, -0.1) is 16.4 Å². The van der Waals surface area contributed by atoms with E-state index >= 15 is 0 Å². The summed E-state index contributed by atoms with van der Waals surface area (Å²) in [7, 11) is 1.78. The number of thiophene rings is 1. The van der Waals surface area contributed by atoms with Gasteiger partial charge in [0, 0.05) is 24.0 Å². The number of nitrogens with two attached hydrogens (primary N) is 1. The Morgan fingerprint density at radius 2 is 1.96 bits per heavy atom. The van der Waals surface area contributed by atoms with Crippen molar-refractivity contribution in [2.75, 3.05) is 12.8 Å². The van der Waals surface area contributed by atoms with E-state index in [-0.39, 0.29) is 5.91 Å². The van der Waals surface area contributed by atoms with E-state index in [2.05, 4.69) is 10.1 Å². The van der Waals surface area contributed by atoms with Crippen molar-refractivity contribution in [3.05, 3.63) is 70.6 Å². The van der Waals surface area contributed by atoms with Crippen LogP contribution in [0, 0.1) is 6.92 Å². The van der Waals surface area contributed by atoms with Gasteiger partial charge in [-0.3, -0.25) is 4.79 Å². The zero-order chi connectivity index (χ0) is 19.0. The van der Waals surface area contributed by atoms with Gasteiger partial charge in [0.05, 0.1) is 4.88 Å². The topological polar surface area (TPSA) is 76.5 Å². The van der Waals surface area contributed by atoms with Crippen molar-refractivity contribution < 1.29 is 4.79 Å². The molecule has 0 spiro atoms. The molecule has 1 aromatic carbocycles. The van der Waals surface area contributed by atoms with Gasteiger partial charge in [0.25, 0.3) is 5.91 Å². The molecule has 136 valence electrons. The lowest BCUT2D eigenvalue weighted by Gasteiger charge is -2.17. The van der Waals surface area contributed by atoms with E-state index in [0.717, 1.165) is 10.4 Å². The second-order valence-electron chi connectivity index (χ2n) is 6.43. The maximum absolute atomic E-state index is 12.8. The van der Waals surface area contributed by atoms with Crippen LogP contribution in [0.15, 0.2) is 54.6 Å². The van der Waals surface area contributed by atoms with E-state index in [1.165, 1.54) is 4.88 Å². The normalized spacial score (nSPS) is 11.0. The smallest absolute Gasteiger partial charge is 0.254 e. The summed E-state index contributed by atoms with van der Waals surface area (Å²) >= 11 is 1.62. The van der Waals surface area contributed by atoms with Crippen LogP contribution in [0.5, 0.6) is 0 Å². The summed E-state index contributed by atoms with van der Waals surface area (Å²) in [5.41, 5.74) is 8.27. The summed E-state index contributed by atoms with van der Waals surface area (Å²) in [5.74, 6) is 0.891. The predicted molar refractivity (Wildman–Crippen MR) is 108 cm³/mol. The van der Waals surface area contributed by atoms with Crippen molar-refractivity contribution in [3.8, 4) is 10.7 Å². The number of hydrogen-bond acceptors (Lipinski definition) is 5. The molecule has 3 heterocycles. The van der Waals surface area contributed by atoms with Crippen LogP contribution >= 0.6 is 11.3 Å². The zero-order valence-corrected chi connectivity index (χ0v) is 15.9. The van der Waals surface area contributed by atoms with E-state index in [1.807, 2.05) is 49.4 Å². The average molecular weight is 377 g/mol. The van der Waals surface area contributed by atoms with Gasteiger partial charge in [-0.1, -0.05) is 30.3 Å². The number of pyridine rings is 1. The number of rotatable bonds is 4. The second-order valence-corrected chi connectivity index (χ2v) is 7.72. The summed E-state index contributed by atoms with van der Waals surface area (Å²) in [5, 5.41) is 4.47. The first-order valence-corrected chi connectivity index (χ1v) is 9.35. The number of amides is 1. The highest BCUT2D eigenvalue weighted by Crippen LogP contribution is 2.26. The fraction of sp³-hybridized carbons (Fsp3) is 0.150. The Labute approximate surface area is 160 Å². The number of hydrogen-bond donors (Lipinski definition) is 1. The summed E-state index contributed by atoms with van der Waals surface area (Å²) < 4.78 is 1.57. The number of nitrogens with zero attached hydrogens (tertiary/aromatic N) is 4. The van der Waals surface area contributed by atoms with E-state index in [9.17, 15) is 4.79 Å². The Morgan fingerprint density at radius 1 is 1.19 bits per heavy atom. The Morgan fingerprint density at radius 3 is 2.67 bits per heavy atom. The number of nitrogen functional groups attached to an aromatic ring is 1. The number of aromatic nitrogens is 3. The van der Waals surface area contributed by atoms with Crippen molar-refractivity contribution >= 4 is 28.7 Å². The van der Waals surface area contributed by atoms with Gasteiger partial charge in [-0.2, -0.15) is 4.52 Å². The van der Waals surface area contributed by atoms with Crippen LogP contribution in [0.1, 0.15) is 20.8 Å². The minimum absolute atomic E-state index is 0.107. The maximum atomic E-state index is 12.8. The molecule has 0 aliphatic carbocycles. The van der Waals surface area contributed by atoms with Crippen LogP contribution in [-0.2, 0) is 6.54 Å². The van der Waals surface area contributed by atoms with Gasteiger partial charge in [0.2, 0.25) is 0 Å². The van der Waals surface area contributed by atoms with Gasteiger partial charge in [0.15, 0.2) is 11.5 Å². The molecule has 4 aromatic rings. The van der Waals surface area contributed by atoms with Crippen LogP contribution in [0.2, 0.25) is 0 Å². The van der Waals surface area contributed by atoms with Crippen LogP contribution in [0.3, 0.4) is 0 Å². The summed E-state index contributed by atoms with van der Waals surface area (Å²) in [6.45, 7) is 2.56. The first-order valence-electron chi connectivity index (χ1n) is 8.54. The van der Waals surface area contributed by atoms with Gasteiger partial charge in [0.1, 0.15) is 5.82 Å². The lowest BCUT2D eigenvalue weighted by molar-refractivity contribution is 0.0785. The highest BCUT2D eigenvalue weighted by molar-refractivity contribution is 7.15. The highest BCUT2D eigenvalue weighted by atomic mass is 32.1. The molecule has 4 rings (SSSR count). The van der Waals surface area contributed by atoms with E-state index in [4.69, 9.17) is 5.73 Å². The van der Waals surface area contributed by atoms with Gasteiger partial charge in [-0.05, 0) is 36.8 Å². The molecule has 0 saturated heterocycles. The third-order valence-electron chi connectivity index (χ3n) is 4.28. The number of anilines is 1. The van der Waals surface area contributed by atoms with Crippen LogP contribution in [0.4, 0.5) is 5.82 Å². The molecule has 0 aliphatic rings. The fourth-order valence-corrected chi connectivity index (χ4v) is 3.74. The van der Waals surface area contributed by atoms with Crippen molar-refractivity contribution in [1.82, 2.24) is 19.5 Å². The Bertz CT molecular complexity index is 1120. The lowest BCUT2D eigenvalue weighted by atomic mass is 10.2. The quantitative estimate of drug-likeness (QED) is 0.589. The molecule has 2 N–H and O–H groups in total. The first kappa shape index (κ1) is 17.2. The Hall–Kier alpha value is -3.19. The third-order valence-corrected chi connectivity index (χ3v) is 5.28. The van der Waals surface area contributed by atoms with Gasteiger partial charge < -0.3 is 10.6 Å². The fourth-order valence-electron chi connectivity index (χ4n) is 2.94. The van der Waals surface area contributed by atoms with E-state index < -0.39 is 0 Å². The molecule has 0 saturated carbocycles. The molecule has 0 bridgehead atoms. The van der Waals surface area contributed by atoms with Crippen LogP contribution < -0.4 is 5.73 Å². The van der Waals surface area contributed by atoms with E-state index in [1.54, 1.807) is 39.9 Å².